The molecule has 2 rings (SSSR count). The van der Waals surface area contributed by atoms with Gasteiger partial charge in [0.15, 0.2) is 0 Å². The van der Waals surface area contributed by atoms with E-state index in [1.165, 1.54) is 4.90 Å². The molecular formula is C12H8BrNO2. The van der Waals surface area contributed by atoms with Gasteiger partial charge in [-0.3, -0.25) is 14.5 Å². The minimum absolute atomic E-state index is 0.125. The summed E-state index contributed by atoms with van der Waals surface area (Å²) in [6, 6.07) is 3.51. The van der Waals surface area contributed by atoms with Gasteiger partial charge in [-0.05, 0) is 24.6 Å². The number of hydrogen-bond donors (Lipinski definition) is 0. The Labute approximate surface area is 102 Å². The predicted molar refractivity (Wildman–Crippen MR) is 64.4 cm³/mol. The van der Waals surface area contributed by atoms with E-state index in [0.29, 0.717) is 11.3 Å². The van der Waals surface area contributed by atoms with E-state index in [0.717, 1.165) is 10.0 Å². The lowest BCUT2D eigenvalue weighted by molar-refractivity contribution is -0.114. The Hall–Kier alpha value is -1.60. The number of halogens is 1. The summed E-state index contributed by atoms with van der Waals surface area (Å²) in [6.07, 6.45) is 5.19. The normalized spacial score (nSPS) is 13.9. The molecule has 0 N–H and O–H groups in total. The molecule has 0 aromatic heterocycles. The van der Waals surface area contributed by atoms with Crippen molar-refractivity contribution in [2.45, 2.75) is 6.92 Å². The molecule has 0 saturated heterocycles. The van der Waals surface area contributed by atoms with E-state index in [2.05, 4.69) is 21.9 Å². The molecule has 3 nitrogen and oxygen atoms in total. The molecule has 4 heteroatoms. The van der Waals surface area contributed by atoms with Gasteiger partial charge in [0.2, 0.25) is 0 Å². The molecule has 1 amide bonds. The van der Waals surface area contributed by atoms with E-state index >= 15 is 0 Å². The molecule has 0 atom stereocenters. The first kappa shape index (κ1) is 10.9. The zero-order valence-corrected chi connectivity index (χ0v) is 10.2. The molecule has 0 bridgehead atoms. The highest BCUT2D eigenvalue weighted by Gasteiger charge is 2.36. The maximum atomic E-state index is 11.7. The number of benzene rings is 1. The summed E-state index contributed by atoms with van der Waals surface area (Å²) >= 11 is 3.30. The van der Waals surface area contributed by atoms with Crippen molar-refractivity contribution in [2.24, 2.45) is 0 Å². The number of Topliss-reactive ketones (excluding diaryl/α,β-unsaturated/α-hetero) is 1. The lowest BCUT2D eigenvalue weighted by atomic mass is 10.1. The molecule has 0 fully saturated rings. The third-order valence-corrected chi connectivity index (χ3v) is 2.93. The molecule has 0 aliphatic carbocycles. The zero-order chi connectivity index (χ0) is 11.9. The van der Waals surface area contributed by atoms with Gasteiger partial charge in [-0.25, -0.2) is 0 Å². The van der Waals surface area contributed by atoms with Gasteiger partial charge in [-0.15, -0.1) is 6.42 Å². The van der Waals surface area contributed by atoms with Crippen molar-refractivity contribution >= 4 is 33.3 Å². The summed E-state index contributed by atoms with van der Waals surface area (Å²) in [5.41, 5.74) is 1.92. The monoisotopic (exact) mass is 277 g/mol. The number of hydrogen-bond acceptors (Lipinski definition) is 2. The van der Waals surface area contributed by atoms with Crippen LogP contribution in [0.1, 0.15) is 15.9 Å². The Morgan fingerprint density at radius 3 is 2.75 bits per heavy atom. The van der Waals surface area contributed by atoms with Gasteiger partial charge in [-0.2, -0.15) is 0 Å². The quantitative estimate of drug-likeness (QED) is 0.581. The lowest BCUT2D eigenvalue weighted by Crippen LogP contribution is -2.30. The minimum Gasteiger partial charge on any atom is -0.293 e. The summed E-state index contributed by atoms with van der Waals surface area (Å²) in [4.78, 5) is 24.7. The van der Waals surface area contributed by atoms with Crippen LogP contribution in [0.2, 0.25) is 0 Å². The molecule has 1 aliphatic heterocycles. The average Bonchev–Trinajstić information content (AvgIpc) is 2.44. The Kier molecular flexibility index (Phi) is 2.56. The summed E-state index contributed by atoms with van der Waals surface area (Å²) in [7, 11) is 0. The highest BCUT2D eigenvalue weighted by Crippen LogP contribution is 2.34. The Balaban J connectivity index is 2.66. The van der Waals surface area contributed by atoms with Crippen LogP contribution in [0.3, 0.4) is 0 Å². The van der Waals surface area contributed by atoms with Crippen LogP contribution >= 0.6 is 15.9 Å². The van der Waals surface area contributed by atoms with Crippen molar-refractivity contribution in [1.29, 1.82) is 0 Å². The SMILES string of the molecule is C#CCN1C(=O)C(=O)c2cc(Br)cc(C)c21. The molecule has 0 spiro atoms. The lowest BCUT2D eigenvalue weighted by Gasteiger charge is -2.15. The van der Waals surface area contributed by atoms with E-state index in [1.54, 1.807) is 6.07 Å². The number of carbonyl (C=O) groups excluding carboxylic acids is 2. The number of aryl methyl sites for hydroxylation is 1. The molecular weight excluding hydrogens is 270 g/mol. The summed E-state index contributed by atoms with van der Waals surface area (Å²) in [6.45, 7) is 1.97. The third-order valence-electron chi connectivity index (χ3n) is 2.47. The van der Waals surface area contributed by atoms with Crippen molar-refractivity contribution in [3.63, 3.8) is 0 Å². The maximum Gasteiger partial charge on any atom is 0.300 e. The predicted octanol–water partition coefficient (Wildman–Crippen LogP) is 1.92. The first-order valence-corrected chi connectivity index (χ1v) is 5.45. The van der Waals surface area contributed by atoms with Crippen molar-refractivity contribution in [2.75, 3.05) is 11.4 Å². The van der Waals surface area contributed by atoms with Crippen LogP contribution < -0.4 is 4.90 Å². The van der Waals surface area contributed by atoms with Crippen molar-refractivity contribution in [1.82, 2.24) is 0 Å². The van der Waals surface area contributed by atoms with Crippen LogP contribution in [-0.2, 0) is 4.79 Å². The number of carbonyl (C=O) groups is 2. The van der Waals surface area contributed by atoms with Gasteiger partial charge in [0.25, 0.3) is 11.7 Å². The number of fused-ring (bicyclic) bond motifs is 1. The Bertz CT molecular complexity index is 543. The number of nitrogens with zero attached hydrogens (tertiary/aromatic N) is 1. The third kappa shape index (κ3) is 1.44. The fourth-order valence-electron chi connectivity index (χ4n) is 1.85. The van der Waals surface area contributed by atoms with Crippen molar-refractivity contribution in [3.8, 4) is 12.3 Å². The molecule has 0 unspecified atom stereocenters. The van der Waals surface area contributed by atoms with Crippen LogP contribution in [0.15, 0.2) is 16.6 Å². The maximum absolute atomic E-state index is 11.7. The van der Waals surface area contributed by atoms with E-state index in [4.69, 9.17) is 6.42 Å². The Morgan fingerprint density at radius 1 is 1.44 bits per heavy atom. The second-order valence-corrected chi connectivity index (χ2v) is 4.46. The smallest absolute Gasteiger partial charge is 0.293 e. The standard InChI is InChI=1S/C12H8BrNO2/c1-3-4-14-10-7(2)5-8(13)6-9(10)11(15)12(14)16/h1,5-6H,4H2,2H3. The van der Waals surface area contributed by atoms with E-state index in [-0.39, 0.29) is 6.54 Å². The van der Waals surface area contributed by atoms with Gasteiger partial charge < -0.3 is 0 Å². The fourth-order valence-corrected chi connectivity index (χ4v) is 2.42. The topological polar surface area (TPSA) is 37.4 Å². The van der Waals surface area contributed by atoms with Gasteiger partial charge in [0, 0.05) is 4.47 Å². The molecule has 80 valence electrons. The molecule has 0 radical (unpaired) electrons. The molecule has 1 aliphatic rings. The highest BCUT2D eigenvalue weighted by atomic mass is 79.9. The highest BCUT2D eigenvalue weighted by molar-refractivity contribution is 9.10. The first-order chi connectivity index (χ1) is 7.56. The van der Waals surface area contributed by atoms with Crippen LogP contribution in [-0.4, -0.2) is 18.2 Å². The number of ketones is 1. The molecule has 1 aromatic rings. The number of anilines is 1. The second kappa shape index (κ2) is 3.76. The van der Waals surface area contributed by atoms with Crippen molar-refractivity contribution in [3.05, 3.63) is 27.7 Å². The summed E-state index contributed by atoms with van der Waals surface area (Å²) in [5.74, 6) is 1.35. The average molecular weight is 278 g/mol. The van der Waals surface area contributed by atoms with Gasteiger partial charge in [0.05, 0.1) is 17.8 Å². The van der Waals surface area contributed by atoms with Gasteiger partial charge >= 0.3 is 0 Å². The molecule has 1 heterocycles. The molecule has 16 heavy (non-hydrogen) atoms. The Morgan fingerprint density at radius 2 is 2.12 bits per heavy atom. The van der Waals surface area contributed by atoms with E-state index in [9.17, 15) is 9.59 Å². The van der Waals surface area contributed by atoms with Crippen LogP contribution in [0.4, 0.5) is 5.69 Å². The summed E-state index contributed by atoms with van der Waals surface area (Å²) < 4.78 is 0.785. The fraction of sp³-hybridized carbons (Fsp3) is 0.167. The second-order valence-electron chi connectivity index (χ2n) is 3.54. The molecule has 0 saturated carbocycles. The number of amides is 1. The van der Waals surface area contributed by atoms with Gasteiger partial charge in [0.1, 0.15) is 0 Å². The van der Waals surface area contributed by atoms with Crippen LogP contribution in [0.25, 0.3) is 0 Å². The molecule has 1 aromatic carbocycles. The van der Waals surface area contributed by atoms with Crippen molar-refractivity contribution < 1.29 is 9.59 Å². The van der Waals surface area contributed by atoms with E-state index in [1.807, 2.05) is 13.0 Å². The number of rotatable bonds is 1. The van der Waals surface area contributed by atoms with Crippen LogP contribution in [0.5, 0.6) is 0 Å². The first-order valence-electron chi connectivity index (χ1n) is 4.66. The van der Waals surface area contributed by atoms with Gasteiger partial charge in [-0.1, -0.05) is 21.9 Å². The largest absolute Gasteiger partial charge is 0.300 e. The summed E-state index contributed by atoms with van der Waals surface area (Å²) in [5, 5.41) is 0. The van der Waals surface area contributed by atoms with Crippen LogP contribution in [0, 0.1) is 19.3 Å². The number of terminal acetylenes is 1. The minimum atomic E-state index is -0.547. The zero-order valence-electron chi connectivity index (χ0n) is 8.58. The van der Waals surface area contributed by atoms with E-state index < -0.39 is 11.7 Å².